The first kappa shape index (κ1) is 20.3. The lowest BCUT2D eigenvalue weighted by atomic mass is 10.1. The van der Waals surface area contributed by atoms with Crippen LogP contribution in [0.5, 0.6) is 0 Å². The van der Waals surface area contributed by atoms with Gasteiger partial charge in [-0.25, -0.2) is 24.3 Å². The van der Waals surface area contributed by atoms with Crippen molar-refractivity contribution in [2.45, 2.75) is 32.7 Å². The molecule has 152 valence electrons. The van der Waals surface area contributed by atoms with Gasteiger partial charge in [0.1, 0.15) is 0 Å². The molecule has 7 nitrogen and oxygen atoms in total. The van der Waals surface area contributed by atoms with Crippen molar-refractivity contribution in [2.75, 3.05) is 16.8 Å². The first-order valence-corrected chi connectivity index (χ1v) is 9.41. The van der Waals surface area contributed by atoms with Gasteiger partial charge >= 0.3 is 0 Å². The molecule has 1 amide bonds. The number of aryl methyl sites for hydroxylation is 1. The topological polar surface area (TPSA) is 83.9 Å². The lowest BCUT2D eigenvalue weighted by Crippen LogP contribution is -2.27. The van der Waals surface area contributed by atoms with Crippen molar-refractivity contribution in [3.63, 3.8) is 0 Å². The van der Waals surface area contributed by atoms with E-state index in [1.165, 1.54) is 12.8 Å². The third kappa shape index (κ3) is 5.31. The van der Waals surface area contributed by atoms with E-state index in [2.05, 4.69) is 37.1 Å². The number of hydrogen-bond acceptors (Lipinski definition) is 6. The summed E-state index contributed by atoms with van der Waals surface area (Å²) in [7, 11) is 0. The molecular weight excluding hydrogens is 371 g/mol. The van der Waals surface area contributed by atoms with E-state index < -0.39 is 5.82 Å². The van der Waals surface area contributed by atoms with Crippen LogP contribution >= 0.6 is 0 Å². The van der Waals surface area contributed by atoms with Gasteiger partial charge in [-0.15, -0.1) is 0 Å². The van der Waals surface area contributed by atoms with Gasteiger partial charge in [0.25, 0.3) is 0 Å². The maximum absolute atomic E-state index is 12.7. The number of nitrogens with one attached hydrogen (secondary N) is 1. The fraction of sp³-hybridized carbons (Fsp3) is 0.286. The average molecular weight is 396 g/mol. The van der Waals surface area contributed by atoms with Gasteiger partial charge in [-0.05, 0) is 50.5 Å². The number of amides is 1. The maximum Gasteiger partial charge on any atom is 0.225 e. The average Bonchev–Trinajstić information content (AvgIpc) is 3.17. The van der Waals surface area contributed by atoms with Crippen LogP contribution in [0.4, 0.5) is 16.0 Å². The first-order chi connectivity index (χ1) is 14.1. The molecule has 4 rings (SSSR count). The summed E-state index contributed by atoms with van der Waals surface area (Å²) in [4.78, 5) is 28.9. The van der Waals surface area contributed by atoms with Gasteiger partial charge in [0.2, 0.25) is 12.4 Å². The van der Waals surface area contributed by atoms with Crippen LogP contribution in [0.1, 0.15) is 26.8 Å². The number of halogens is 1. The Hall–Kier alpha value is -3.42. The second-order valence-corrected chi connectivity index (χ2v) is 6.75. The van der Waals surface area contributed by atoms with Crippen LogP contribution in [0.3, 0.4) is 0 Å². The van der Waals surface area contributed by atoms with Gasteiger partial charge in [-0.3, -0.25) is 4.79 Å². The van der Waals surface area contributed by atoms with Crippen molar-refractivity contribution < 1.29 is 10.6 Å². The number of aromatic nitrogens is 4. The van der Waals surface area contributed by atoms with Gasteiger partial charge in [0.05, 0.1) is 12.4 Å². The Bertz CT molecular complexity index is 942. The molecule has 3 heterocycles. The lowest BCUT2D eigenvalue weighted by Gasteiger charge is -2.20. The molecule has 0 unspecified atom stereocenters. The second-order valence-electron chi connectivity index (χ2n) is 6.75. The van der Waals surface area contributed by atoms with E-state index in [0.717, 1.165) is 36.0 Å². The Morgan fingerprint density at radius 3 is 2.55 bits per heavy atom. The summed E-state index contributed by atoms with van der Waals surface area (Å²) in [5, 5.41) is 2.55. The fourth-order valence-electron chi connectivity index (χ4n) is 3.14. The number of hydrogen-bond donors (Lipinski definition) is 1. The van der Waals surface area contributed by atoms with Crippen molar-refractivity contribution in [1.29, 1.82) is 0 Å². The van der Waals surface area contributed by atoms with Gasteiger partial charge in [-0.1, -0.05) is 6.07 Å². The van der Waals surface area contributed by atoms with Crippen LogP contribution < -0.4 is 10.2 Å². The minimum atomic E-state index is -0.478. The molecule has 1 N–H and O–H groups in total. The molecule has 0 bridgehead atoms. The number of anilines is 2. The molecule has 1 atom stereocenters. The van der Waals surface area contributed by atoms with Gasteiger partial charge in [0, 0.05) is 37.7 Å². The van der Waals surface area contributed by atoms with Gasteiger partial charge < -0.3 is 10.2 Å². The molecule has 1 aliphatic heterocycles. The summed E-state index contributed by atoms with van der Waals surface area (Å²) >= 11 is 0. The Labute approximate surface area is 170 Å². The van der Waals surface area contributed by atoms with Crippen molar-refractivity contribution in [3.05, 3.63) is 60.4 Å². The van der Waals surface area contributed by atoms with Crippen molar-refractivity contribution in [2.24, 2.45) is 0 Å². The van der Waals surface area contributed by atoms with E-state index in [9.17, 15) is 9.18 Å². The zero-order chi connectivity index (χ0) is 20.6. The molecule has 1 saturated heterocycles. The molecule has 1 fully saturated rings. The number of nitrogens with zero attached hydrogens (tertiary/aromatic N) is 5. The molecule has 1 aromatic carbocycles. The van der Waals surface area contributed by atoms with E-state index in [0.29, 0.717) is 24.0 Å². The lowest BCUT2D eigenvalue weighted by molar-refractivity contribution is -0.105. The number of benzene rings is 1. The Morgan fingerprint density at radius 2 is 1.93 bits per heavy atom. The number of carbonyl (C=O) groups excluding carboxylic acids is 1. The van der Waals surface area contributed by atoms with Crippen LogP contribution in [-0.4, -0.2) is 38.9 Å². The minimum absolute atomic E-state index is 0. The van der Waals surface area contributed by atoms with E-state index in [1.54, 1.807) is 24.5 Å². The standard InChI is InChI=1S/C12H10FN3O.C9H13N3.H2/c1-8-2-3-10(16-7-17)4-11(8)12-14-5-9(13)6-15-12;1-8-4-2-7-12(8)9-10-5-3-6-11-9;/h2-7H,1H3,(H,16,17);3,5-6,8H,2,4,7H2,1H3;1H/t;8-;/m.1./s1. The highest BCUT2D eigenvalue weighted by Crippen LogP contribution is 2.23. The molecule has 0 aliphatic carbocycles. The van der Waals surface area contributed by atoms with Crippen LogP contribution in [0, 0.1) is 12.7 Å². The molecule has 8 heteroatoms. The van der Waals surface area contributed by atoms with Crippen molar-refractivity contribution in [1.82, 2.24) is 19.9 Å². The summed E-state index contributed by atoms with van der Waals surface area (Å²) in [5.41, 5.74) is 2.36. The van der Waals surface area contributed by atoms with Gasteiger partial charge in [-0.2, -0.15) is 0 Å². The molecule has 29 heavy (non-hydrogen) atoms. The van der Waals surface area contributed by atoms with Crippen LogP contribution in [0.2, 0.25) is 0 Å². The molecule has 1 aliphatic rings. The van der Waals surface area contributed by atoms with Gasteiger partial charge in [0.15, 0.2) is 11.6 Å². The normalized spacial score (nSPS) is 15.4. The second kappa shape index (κ2) is 9.68. The predicted octanol–water partition coefficient (Wildman–Crippen LogP) is 3.87. The molecule has 3 aromatic rings. The van der Waals surface area contributed by atoms with Crippen molar-refractivity contribution in [3.8, 4) is 11.4 Å². The molecule has 2 aromatic heterocycles. The molecule has 0 spiro atoms. The summed E-state index contributed by atoms with van der Waals surface area (Å²) in [6.45, 7) is 5.22. The van der Waals surface area contributed by atoms with E-state index in [-0.39, 0.29) is 1.43 Å². The summed E-state index contributed by atoms with van der Waals surface area (Å²) in [6, 6.07) is 7.82. The smallest absolute Gasteiger partial charge is 0.225 e. The SMILES string of the molecule is C[C@@H]1CCCN1c1ncccn1.Cc1ccc(NC=O)cc1-c1ncc(F)cn1.[HH]. The van der Waals surface area contributed by atoms with E-state index >= 15 is 0 Å². The van der Waals surface area contributed by atoms with Crippen LogP contribution in [0.15, 0.2) is 49.1 Å². The van der Waals surface area contributed by atoms with E-state index in [4.69, 9.17) is 0 Å². The maximum atomic E-state index is 12.7. The Morgan fingerprint density at radius 1 is 1.21 bits per heavy atom. The zero-order valence-electron chi connectivity index (χ0n) is 16.4. The third-order valence-corrected chi connectivity index (χ3v) is 4.69. The number of rotatable bonds is 4. The number of carbonyl (C=O) groups is 1. The Balaban J connectivity index is 0.000000218. The Kier molecular flexibility index (Phi) is 6.78. The zero-order valence-corrected chi connectivity index (χ0v) is 16.4. The molecule has 0 radical (unpaired) electrons. The highest BCUT2D eigenvalue weighted by Gasteiger charge is 2.21. The third-order valence-electron chi connectivity index (χ3n) is 4.69. The summed E-state index contributed by atoms with van der Waals surface area (Å²) in [5.74, 6) is 0.828. The van der Waals surface area contributed by atoms with Crippen LogP contribution in [0.25, 0.3) is 11.4 Å². The largest absolute Gasteiger partial charge is 0.338 e. The van der Waals surface area contributed by atoms with Crippen LogP contribution in [-0.2, 0) is 4.79 Å². The predicted molar refractivity (Wildman–Crippen MR) is 112 cm³/mol. The highest BCUT2D eigenvalue weighted by molar-refractivity contribution is 5.75. The summed E-state index contributed by atoms with van der Waals surface area (Å²) in [6.07, 6.45) is 8.95. The quantitative estimate of drug-likeness (QED) is 0.674. The fourth-order valence-corrected chi connectivity index (χ4v) is 3.14. The minimum Gasteiger partial charge on any atom is -0.338 e. The first-order valence-electron chi connectivity index (χ1n) is 9.41. The van der Waals surface area contributed by atoms with E-state index in [1.807, 2.05) is 19.1 Å². The molecular formula is C21H25FN6O. The highest BCUT2D eigenvalue weighted by atomic mass is 19.1. The molecule has 0 saturated carbocycles. The summed E-state index contributed by atoms with van der Waals surface area (Å²) < 4.78 is 12.7. The van der Waals surface area contributed by atoms with Crippen molar-refractivity contribution >= 4 is 18.0 Å². The monoisotopic (exact) mass is 396 g/mol.